The van der Waals surface area contributed by atoms with Crippen LogP contribution in [0.25, 0.3) is 0 Å². The van der Waals surface area contributed by atoms with Crippen molar-refractivity contribution in [3.8, 4) is 0 Å². The molecule has 6 heteroatoms. The fourth-order valence-corrected chi connectivity index (χ4v) is 3.12. The third kappa shape index (κ3) is 5.54. The van der Waals surface area contributed by atoms with E-state index in [1.54, 1.807) is 4.90 Å². The van der Waals surface area contributed by atoms with Crippen molar-refractivity contribution in [1.82, 2.24) is 4.90 Å². The van der Waals surface area contributed by atoms with Crippen molar-refractivity contribution in [2.75, 3.05) is 40.5 Å². The molecule has 1 amide bonds. The quantitative estimate of drug-likeness (QED) is 0.668. The van der Waals surface area contributed by atoms with E-state index in [1.165, 1.54) is 19.8 Å². The van der Waals surface area contributed by atoms with Gasteiger partial charge in [0.05, 0.1) is 26.2 Å². The second-order valence-electron chi connectivity index (χ2n) is 6.10. The predicted octanol–water partition coefficient (Wildman–Crippen LogP) is 1.67. The Morgan fingerprint density at radius 2 is 1.84 bits per heavy atom. The maximum Gasteiger partial charge on any atom is 0.311 e. The number of hydrogen-bond acceptors (Lipinski definition) is 5. The first kappa shape index (κ1) is 19.4. The average molecular weight is 349 g/mol. The zero-order valence-corrected chi connectivity index (χ0v) is 15.0. The molecule has 1 aromatic carbocycles. The smallest absolute Gasteiger partial charge is 0.311 e. The van der Waals surface area contributed by atoms with Crippen molar-refractivity contribution >= 4 is 11.9 Å². The highest BCUT2D eigenvalue weighted by Crippen LogP contribution is 2.20. The largest absolute Gasteiger partial charge is 0.469 e. The van der Waals surface area contributed by atoms with Crippen LogP contribution in [0.2, 0.25) is 0 Å². The number of benzene rings is 1. The van der Waals surface area contributed by atoms with Gasteiger partial charge < -0.3 is 19.1 Å². The molecule has 1 aliphatic heterocycles. The third-order valence-electron chi connectivity index (χ3n) is 4.51. The van der Waals surface area contributed by atoms with Gasteiger partial charge in [-0.25, -0.2) is 0 Å². The molecule has 1 fully saturated rings. The van der Waals surface area contributed by atoms with E-state index in [0.717, 1.165) is 12.8 Å². The molecular formula is C19H27NO5. The fraction of sp³-hybridized carbons (Fsp3) is 0.579. The Balaban J connectivity index is 2.00. The highest BCUT2D eigenvalue weighted by atomic mass is 16.5. The van der Waals surface area contributed by atoms with Crippen LogP contribution in [0.5, 0.6) is 0 Å². The molecule has 0 saturated carbocycles. The monoisotopic (exact) mass is 349 g/mol. The number of methoxy groups -OCH3 is 2. The summed E-state index contributed by atoms with van der Waals surface area (Å²) in [6.45, 7) is 2.07. The minimum absolute atomic E-state index is 0.166. The molecule has 1 aromatic rings. The van der Waals surface area contributed by atoms with Crippen LogP contribution in [-0.2, 0) is 30.2 Å². The average Bonchev–Trinajstić information content (AvgIpc) is 2.68. The van der Waals surface area contributed by atoms with Gasteiger partial charge in [0.2, 0.25) is 0 Å². The molecule has 1 unspecified atom stereocenters. The van der Waals surface area contributed by atoms with Crippen molar-refractivity contribution in [3.05, 3.63) is 35.9 Å². The van der Waals surface area contributed by atoms with Gasteiger partial charge in [0.1, 0.15) is 6.10 Å². The number of hydrogen-bond donors (Lipinski definition) is 0. The first-order valence-corrected chi connectivity index (χ1v) is 8.68. The van der Waals surface area contributed by atoms with E-state index in [0.29, 0.717) is 32.7 Å². The van der Waals surface area contributed by atoms with Crippen molar-refractivity contribution in [2.24, 2.45) is 5.92 Å². The number of morpholine rings is 1. The lowest BCUT2D eigenvalue weighted by Gasteiger charge is -2.32. The maximum atomic E-state index is 12.8. The SMILES string of the molecule is COC(=O)[C@H](CCCc1ccccc1)C(OC)C(=O)N1CCOCC1. The van der Waals surface area contributed by atoms with E-state index < -0.39 is 18.0 Å². The molecule has 0 bridgehead atoms. The van der Waals surface area contributed by atoms with Gasteiger partial charge in [-0.1, -0.05) is 30.3 Å². The lowest BCUT2D eigenvalue weighted by atomic mass is 9.93. The topological polar surface area (TPSA) is 65.1 Å². The van der Waals surface area contributed by atoms with Crippen LogP contribution in [-0.4, -0.2) is 63.4 Å². The van der Waals surface area contributed by atoms with Crippen LogP contribution >= 0.6 is 0 Å². The van der Waals surface area contributed by atoms with Gasteiger partial charge in [-0.05, 0) is 24.8 Å². The summed E-state index contributed by atoms with van der Waals surface area (Å²) in [4.78, 5) is 26.7. The van der Waals surface area contributed by atoms with E-state index >= 15 is 0 Å². The molecule has 0 aromatic heterocycles. The van der Waals surface area contributed by atoms with Gasteiger partial charge >= 0.3 is 5.97 Å². The van der Waals surface area contributed by atoms with Crippen molar-refractivity contribution < 1.29 is 23.8 Å². The van der Waals surface area contributed by atoms with Gasteiger partial charge in [-0.15, -0.1) is 0 Å². The maximum absolute atomic E-state index is 12.8. The molecule has 25 heavy (non-hydrogen) atoms. The number of carbonyl (C=O) groups is 2. The van der Waals surface area contributed by atoms with E-state index in [1.807, 2.05) is 18.2 Å². The zero-order valence-electron chi connectivity index (χ0n) is 15.0. The number of aryl methyl sites for hydroxylation is 1. The van der Waals surface area contributed by atoms with Gasteiger partial charge in [0.15, 0.2) is 0 Å². The molecule has 2 rings (SSSR count). The van der Waals surface area contributed by atoms with Crippen LogP contribution < -0.4 is 0 Å². The van der Waals surface area contributed by atoms with Crippen molar-refractivity contribution in [1.29, 1.82) is 0 Å². The first-order chi connectivity index (χ1) is 12.2. The Labute approximate surface area is 149 Å². The van der Waals surface area contributed by atoms with Crippen molar-refractivity contribution in [2.45, 2.75) is 25.4 Å². The van der Waals surface area contributed by atoms with E-state index in [-0.39, 0.29) is 5.91 Å². The molecule has 0 radical (unpaired) electrons. The predicted molar refractivity (Wildman–Crippen MR) is 93.1 cm³/mol. The summed E-state index contributed by atoms with van der Waals surface area (Å²) < 4.78 is 15.6. The summed E-state index contributed by atoms with van der Waals surface area (Å²) in [6.07, 6.45) is 1.34. The summed E-state index contributed by atoms with van der Waals surface area (Å²) in [7, 11) is 2.81. The van der Waals surface area contributed by atoms with Gasteiger partial charge in [-0.3, -0.25) is 9.59 Å². The Kier molecular flexibility index (Phi) is 7.88. The minimum atomic E-state index is -0.818. The van der Waals surface area contributed by atoms with E-state index in [9.17, 15) is 9.59 Å². The lowest BCUT2D eigenvalue weighted by Crippen LogP contribution is -2.50. The molecular weight excluding hydrogens is 322 g/mol. The van der Waals surface area contributed by atoms with Gasteiger partial charge in [-0.2, -0.15) is 0 Å². The van der Waals surface area contributed by atoms with Crippen LogP contribution in [0.1, 0.15) is 18.4 Å². The minimum Gasteiger partial charge on any atom is -0.469 e. The number of esters is 1. The van der Waals surface area contributed by atoms with Crippen molar-refractivity contribution in [3.63, 3.8) is 0 Å². The molecule has 138 valence electrons. The Hall–Kier alpha value is -1.92. The molecule has 1 aliphatic rings. The molecule has 0 N–H and O–H groups in total. The summed E-state index contributed by atoms with van der Waals surface area (Å²) in [5.41, 5.74) is 1.21. The highest BCUT2D eigenvalue weighted by molar-refractivity contribution is 5.87. The van der Waals surface area contributed by atoms with Crippen LogP contribution in [0.4, 0.5) is 0 Å². The van der Waals surface area contributed by atoms with E-state index in [4.69, 9.17) is 14.2 Å². The van der Waals surface area contributed by atoms with Crippen LogP contribution in [0, 0.1) is 5.92 Å². The molecule has 2 atom stereocenters. The van der Waals surface area contributed by atoms with Crippen LogP contribution in [0.3, 0.4) is 0 Å². The Bertz CT molecular complexity index is 542. The fourth-order valence-electron chi connectivity index (χ4n) is 3.12. The number of amides is 1. The second-order valence-corrected chi connectivity index (χ2v) is 6.10. The normalized spacial score (nSPS) is 17.0. The summed E-state index contributed by atoms with van der Waals surface area (Å²) in [5.74, 6) is -1.17. The molecule has 6 nitrogen and oxygen atoms in total. The second kappa shape index (κ2) is 10.2. The molecule has 1 heterocycles. The summed E-state index contributed by atoms with van der Waals surface area (Å²) in [6, 6.07) is 10.1. The number of carbonyl (C=O) groups excluding carboxylic acids is 2. The standard InChI is InChI=1S/C19H27NO5/c1-23-17(18(21)20-11-13-25-14-12-20)16(19(22)24-2)10-6-9-15-7-4-3-5-8-15/h3-5,7-8,16-17H,6,9-14H2,1-2H3/t16-,17?/m1/s1. The lowest BCUT2D eigenvalue weighted by molar-refractivity contribution is -0.162. The van der Waals surface area contributed by atoms with E-state index in [2.05, 4.69) is 12.1 Å². The summed E-state index contributed by atoms with van der Waals surface area (Å²) in [5, 5.41) is 0. The Morgan fingerprint density at radius 1 is 1.16 bits per heavy atom. The number of ether oxygens (including phenoxy) is 3. The third-order valence-corrected chi connectivity index (χ3v) is 4.51. The molecule has 1 saturated heterocycles. The molecule has 0 aliphatic carbocycles. The van der Waals surface area contributed by atoms with Gasteiger partial charge in [0, 0.05) is 20.2 Å². The summed E-state index contributed by atoms with van der Waals surface area (Å²) >= 11 is 0. The van der Waals surface area contributed by atoms with Crippen LogP contribution in [0.15, 0.2) is 30.3 Å². The number of rotatable bonds is 8. The van der Waals surface area contributed by atoms with Gasteiger partial charge in [0.25, 0.3) is 5.91 Å². The zero-order chi connectivity index (χ0) is 18.1. The first-order valence-electron chi connectivity index (χ1n) is 8.68. The Morgan fingerprint density at radius 3 is 2.44 bits per heavy atom. The number of nitrogens with zero attached hydrogens (tertiary/aromatic N) is 1. The highest BCUT2D eigenvalue weighted by Gasteiger charge is 2.37. The molecule has 0 spiro atoms.